The molecule has 0 amide bonds. The fraction of sp³-hybridized carbons (Fsp3) is 1.00. The highest BCUT2D eigenvalue weighted by atomic mass is 15.2. The molecular weight excluding hydrogens is 110 g/mol. The van der Waals surface area contributed by atoms with Crippen molar-refractivity contribution in [2.45, 2.75) is 41.2 Å². The minimum absolute atomic E-state index is 0. The van der Waals surface area contributed by atoms with Crippen molar-refractivity contribution in [2.75, 3.05) is 13.1 Å². The van der Waals surface area contributed by atoms with Crippen LogP contribution in [-0.4, -0.2) is 24.0 Å². The van der Waals surface area contributed by atoms with Crippen LogP contribution in [0.15, 0.2) is 0 Å². The number of hydrogen-bond donors (Lipinski definition) is 0. The SMILES string of the molecule is C.C.CC(C)N1CCC1. The number of rotatable bonds is 1. The summed E-state index contributed by atoms with van der Waals surface area (Å²) in [7, 11) is 0. The van der Waals surface area contributed by atoms with Gasteiger partial charge in [0.05, 0.1) is 0 Å². The molecule has 9 heavy (non-hydrogen) atoms. The van der Waals surface area contributed by atoms with Crippen LogP contribution in [0.2, 0.25) is 0 Å². The van der Waals surface area contributed by atoms with Gasteiger partial charge in [0, 0.05) is 6.04 Å². The van der Waals surface area contributed by atoms with Crippen LogP contribution in [0.4, 0.5) is 0 Å². The van der Waals surface area contributed by atoms with Gasteiger partial charge in [0.25, 0.3) is 0 Å². The van der Waals surface area contributed by atoms with Gasteiger partial charge >= 0.3 is 0 Å². The Morgan fingerprint density at radius 3 is 1.56 bits per heavy atom. The zero-order valence-electron chi connectivity index (χ0n) is 5.15. The second-order valence-corrected chi connectivity index (χ2v) is 2.48. The summed E-state index contributed by atoms with van der Waals surface area (Å²) in [5.41, 5.74) is 0. The van der Waals surface area contributed by atoms with Crippen LogP contribution in [0.3, 0.4) is 0 Å². The van der Waals surface area contributed by atoms with Crippen molar-refractivity contribution in [3.05, 3.63) is 0 Å². The third-order valence-electron chi connectivity index (χ3n) is 1.62. The molecule has 0 saturated carbocycles. The highest BCUT2D eigenvalue weighted by Gasteiger charge is 2.15. The Balaban J connectivity index is 0. The van der Waals surface area contributed by atoms with E-state index in [0.717, 1.165) is 6.04 Å². The minimum atomic E-state index is 0. The van der Waals surface area contributed by atoms with Crippen molar-refractivity contribution < 1.29 is 0 Å². The molecule has 1 aliphatic heterocycles. The maximum atomic E-state index is 2.47. The van der Waals surface area contributed by atoms with Crippen LogP contribution in [0.1, 0.15) is 35.1 Å². The van der Waals surface area contributed by atoms with E-state index >= 15 is 0 Å². The predicted octanol–water partition coefficient (Wildman–Crippen LogP) is 2.37. The Morgan fingerprint density at radius 1 is 1.11 bits per heavy atom. The molecule has 0 aliphatic carbocycles. The second kappa shape index (κ2) is 4.80. The molecule has 1 heteroatoms. The lowest BCUT2D eigenvalue weighted by atomic mass is 10.2. The molecule has 0 aromatic carbocycles. The van der Waals surface area contributed by atoms with Crippen molar-refractivity contribution in [3.8, 4) is 0 Å². The highest BCUT2D eigenvalue weighted by Crippen LogP contribution is 2.08. The summed E-state index contributed by atoms with van der Waals surface area (Å²) in [4.78, 5) is 2.47. The van der Waals surface area contributed by atoms with Gasteiger partial charge in [0.1, 0.15) is 0 Å². The third kappa shape index (κ3) is 2.85. The highest BCUT2D eigenvalue weighted by molar-refractivity contribution is 4.71. The first-order valence-electron chi connectivity index (χ1n) is 3.05. The second-order valence-electron chi connectivity index (χ2n) is 2.48. The topological polar surface area (TPSA) is 3.24 Å². The standard InChI is InChI=1S/C6H13N.2CH4/c1-6(2)7-4-3-5-7;;/h6H,3-5H2,1-2H3;2*1H4. The van der Waals surface area contributed by atoms with E-state index in [0.29, 0.717) is 0 Å². The molecule has 0 atom stereocenters. The van der Waals surface area contributed by atoms with E-state index in [9.17, 15) is 0 Å². The molecule has 0 unspecified atom stereocenters. The Hall–Kier alpha value is -0.0400. The lowest BCUT2D eigenvalue weighted by Gasteiger charge is -2.34. The summed E-state index contributed by atoms with van der Waals surface area (Å²) in [5, 5.41) is 0. The lowest BCUT2D eigenvalue weighted by Crippen LogP contribution is -2.41. The molecule has 1 saturated heterocycles. The van der Waals surface area contributed by atoms with E-state index in [2.05, 4.69) is 18.7 Å². The van der Waals surface area contributed by atoms with E-state index in [1.54, 1.807) is 0 Å². The number of likely N-dealkylation sites (tertiary alicyclic amines) is 1. The molecule has 0 spiro atoms. The van der Waals surface area contributed by atoms with Gasteiger partial charge in [-0.05, 0) is 33.4 Å². The average Bonchev–Trinajstić information content (AvgIpc) is 1.23. The molecule has 58 valence electrons. The molecule has 1 heterocycles. The maximum absolute atomic E-state index is 2.47. The Kier molecular flexibility index (Phi) is 6.25. The van der Waals surface area contributed by atoms with Crippen molar-refractivity contribution >= 4 is 0 Å². The Bertz CT molecular complexity index is 55.6. The zero-order valence-corrected chi connectivity index (χ0v) is 5.15. The first-order chi connectivity index (χ1) is 3.30. The zero-order chi connectivity index (χ0) is 5.28. The summed E-state index contributed by atoms with van der Waals surface area (Å²) in [6, 6.07) is 0.786. The van der Waals surface area contributed by atoms with E-state index < -0.39 is 0 Å². The average molecular weight is 131 g/mol. The van der Waals surface area contributed by atoms with Gasteiger partial charge in [-0.25, -0.2) is 0 Å². The first kappa shape index (κ1) is 11.7. The normalized spacial score (nSPS) is 17.7. The van der Waals surface area contributed by atoms with Crippen molar-refractivity contribution in [3.63, 3.8) is 0 Å². The predicted molar refractivity (Wildman–Crippen MR) is 44.8 cm³/mol. The van der Waals surface area contributed by atoms with Gasteiger partial charge in [0.15, 0.2) is 0 Å². The quantitative estimate of drug-likeness (QED) is 0.528. The number of nitrogens with zero attached hydrogens (tertiary/aromatic N) is 1. The lowest BCUT2D eigenvalue weighted by molar-refractivity contribution is 0.138. The van der Waals surface area contributed by atoms with Crippen LogP contribution >= 0.6 is 0 Å². The molecule has 1 nitrogen and oxygen atoms in total. The van der Waals surface area contributed by atoms with Crippen LogP contribution in [-0.2, 0) is 0 Å². The maximum Gasteiger partial charge on any atom is 0.00386 e. The van der Waals surface area contributed by atoms with Gasteiger partial charge < -0.3 is 4.90 Å². The summed E-state index contributed by atoms with van der Waals surface area (Å²) >= 11 is 0. The molecule has 1 fully saturated rings. The largest absolute Gasteiger partial charge is 0.301 e. The number of hydrogen-bond acceptors (Lipinski definition) is 1. The van der Waals surface area contributed by atoms with Crippen LogP contribution in [0.25, 0.3) is 0 Å². The molecule has 0 aromatic rings. The van der Waals surface area contributed by atoms with Gasteiger partial charge in [-0.15, -0.1) is 0 Å². The fourth-order valence-corrected chi connectivity index (χ4v) is 0.857. The van der Waals surface area contributed by atoms with Gasteiger partial charge in [-0.2, -0.15) is 0 Å². The summed E-state index contributed by atoms with van der Waals surface area (Å²) in [5.74, 6) is 0. The van der Waals surface area contributed by atoms with Gasteiger partial charge in [-0.3, -0.25) is 0 Å². The smallest absolute Gasteiger partial charge is 0.00386 e. The van der Waals surface area contributed by atoms with Gasteiger partial charge in [-0.1, -0.05) is 14.9 Å². The van der Waals surface area contributed by atoms with Crippen molar-refractivity contribution in [1.29, 1.82) is 0 Å². The molecule has 1 aliphatic rings. The Morgan fingerprint density at radius 2 is 1.56 bits per heavy atom. The molecule has 0 radical (unpaired) electrons. The first-order valence-corrected chi connectivity index (χ1v) is 3.05. The Labute approximate surface area is 60.1 Å². The molecule has 0 aromatic heterocycles. The molecule has 1 rings (SSSR count). The summed E-state index contributed by atoms with van der Waals surface area (Å²) in [6.45, 7) is 7.16. The van der Waals surface area contributed by atoms with E-state index in [1.165, 1.54) is 19.5 Å². The molecular formula is C8H21N. The third-order valence-corrected chi connectivity index (χ3v) is 1.62. The van der Waals surface area contributed by atoms with Crippen LogP contribution < -0.4 is 0 Å². The van der Waals surface area contributed by atoms with Crippen LogP contribution in [0.5, 0.6) is 0 Å². The molecule has 0 bridgehead atoms. The minimum Gasteiger partial charge on any atom is -0.301 e. The monoisotopic (exact) mass is 131 g/mol. The van der Waals surface area contributed by atoms with Gasteiger partial charge in [0.2, 0.25) is 0 Å². The van der Waals surface area contributed by atoms with Crippen LogP contribution in [0, 0.1) is 0 Å². The van der Waals surface area contributed by atoms with E-state index in [-0.39, 0.29) is 14.9 Å². The van der Waals surface area contributed by atoms with Crippen molar-refractivity contribution in [2.24, 2.45) is 0 Å². The summed E-state index contributed by atoms with van der Waals surface area (Å²) in [6.07, 6.45) is 1.41. The summed E-state index contributed by atoms with van der Waals surface area (Å²) < 4.78 is 0. The van der Waals surface area contributed by atoms with E-state index in [4.69, 9.17) is 0 Å². The van der Waals surface area contributed by atoms with E-state index in [1.807, 2.05) is 0 Å². The molecule has 0 N–H and O–H groups in total. The fourth-order valence-electron chi connectivity index (χ4n) is 0.857. The van der Waals surface area contributed by atoms with Crippen molar-refractivity contribution in [1.82, 2.24) is 4.90 Å².